The quantitative estimate of drug-likeness (QED) is 0.542. The van der Waals surface area contributed by atoms with E-state index >= 15 is 4.39 Å². The second-order valence-electron chi connectivity index (χ2n) is 11.9. The van der Waals surface area contributed by atoms with Crippen LogP contribution in [0.3, 0.4) is 0 Å². The minimum absolute atomic E-state index is 0.00788. The van der Waals surface area contributed by atoms with Gasteiger partial charge >= 0.3 is 6.09 Å². The first-order chi connectivity index (χ1) is 19.5. The molecule has 1 aromatic heterocycles. The summed E-state index contributed by atoms with van der Waals surface area (Å²) in [7, 11) is 0. The van der Waals surface area contributed by atoms with E-state index in [0.717, 1.165) is 24.8 Å². The topological polar surface area (TPSA) is 112 Å². The van der Waals surface area contributed by atoms with Gasteiger partial charge in [0.2, 0.25) is 5.91 Å². The Labute approximate surface area is 243 Å². The Hall–Kier alpha value is -3.49. The molecule has 3 aliphatic rings. The molecule has 9 nitrogen and oxygen atoms in total. The lowest BCUT2D eigenvalue weighted by molar-refractivity contribution is -0.128. The fourth-order valence-corrected chi connectivity index (χ4v) is 6.81. The summed E-state index contributed by atoms with van der Waals surface area (Å²) in [6.07, 6.45) is 1.83. The van der Waals surface area contributed by atoms with Crippen molar-refractivity contribution in [2.75, 3.05) is 26.3 Å². The first-order valence-electron chi connectivity index (χ1n) is 14.0. The molecule has 218 valence electrons. The smallest absolute Gasteiger partial charge is 0.411 e. The third-order valence-electron chi connectivity index (χ3n) is 7.85. The molecule has 3 amide bonds. The highest BCUT2D eigenvalue weighted by molar-refractivity contribution is 7.12. The number of carbonyl (C=O) groups excluding carboxylic acids is 3. The fourth-order valence-electron chi connectivity index (χ4n) is 5.92. The van der Waals surface area contributed by atoms with Gasteiger partial charge in [0.1, 0.15) is 23.5 Å². The van der Waals surface area contributed by atoms with Gasteiger partial charge in [-0.15, -0.1) is 11.3 Å². The van der Waals surface area contributed by atoms with Crippen molar-refractivity contribution < 1.29 is 28.2 Å². The zero-order valence-electron chi connectivity index (χ0n) is 23.5. The van der Waals surface area contributed by atoms with E-state index in [2.05, 4.69) is 11.4 Å². The standard InChI is InChI=1S/C30H35FN4O5S/c1-30(2,3)40-29(38)35-23-7-6-20(13-23)26(35)27(36)33-22(16-32)12-19-5-4-18(14-24(19)31)21-15-25(41-17-21)28(37)34-8-10-39-11-9-34/h4-5,14-15,17,20,22-23,26H,6-13H2,1-3H3,(H,33,36)/t20-,22-,23-,26-/m0/s1. The highest BCUT2D eigenvalue weighted by Crippen LogP contribution is 2.43. The molecule has 0 spiro atoms. The molecule has 1 saturated carbocycles. The second kappa shape index (κ2) is 11.8. The minimum atomic E-state index is -0.971. The molecule has 3 heterocycles. The molecule has 1 aromatic carbocycles. The van der Waals surface area contributed by atoms with Crippen molar-refractivity contribution in [2.45, 2.75) is 70.2 Å². The van der Waals surface area contributed by atoms with Crippen molar-refractivity contribution in [1.82, 2.24) is 15.1 Å². The van der Waals surface area contributed by atoms with Crippen molar-refractivity contribution in [1.29, 1.82) is 5.26 Å². The van der Waals surface area contributed by atoms with Crippen LogP contribution in [0.25, 0.3) is 11.1 Å². The van der Waals surface area contributed by atoms with Crippen LogP contribution in [0.5, 0.6) is 0 Å². The van der Waals surface area contributed by atoms with Gasteiger partial charge in [-0.1, -0.05) is 12.1 Å². The van der Waals surface area contributed by atoms with E-state index in [0.29, 0.717) is 36.7 Å². The third-order valence-corrected chi connectivity index (χ3v) is 8.77. The number of amides is 3. The molecule has 0 radical (unpaired) electrons. The maximum absolute atomic E-state index is 15.2. The molecular formula is C30H35FN4O5S. The average molecular weight is 583 g/mol. The predicted molar refractivity (Wildman–Crippen MR) is 151 cm³/mol. The van der Waals surface area contributed by atoms with Crippen LogP contribution in [-0.4, -0.2) is 77.7 Å². The number of piperidine rings is 1. The van der Waals surface area contributed by atoms with Gasteiger partial charge in [-0.25, -0.2) is 9.18 Å². The molecular weight excluding hydrogens is 547 g/mol. The highest BCUT2D eigenvalue weighted by Gasteiger charge is 2.52. The van der Waals surface area contributed by atoms with Crippen LogP contribution in [0.15, 0.2) is 29.6 Å². The lowest BCUT2D eigenvalue weighted by Crippen LogP contribution is -2.55. The van der Waals surface area contributed by atoms with Crippen molar-refractivity contribution in [2.24, 2.45) is 5.92 Å². The van der Waals surface area contributed by atoms with Crippen LogP contribution < -0.4 is 5.32 Å². The summed E-state index contributed by atoms with van der Waals surface area (Å²) < 4.78 is 26.1. The van der Waals surface area contributed by atoms with E-state index in [9.17, 15) is 19.6 Å². The van der Waals surface area contributed by atoms with Crippen LogP contribution in [-0.2, 0) is 20.7 Å². The summed E-state index contributed by atoms with van der Waals surface area (Å²) in [5.41, 5.74) is 0.955. The Kier molecular flexibility index (Phi) is 8.34. The number of hydrogen-bond donors (Lipinski definition) is 1. The lowest BCUT2D eigenvalue weighted by Gasteiger charge is -2.35. The number of carbonyl (C=O) groups is 3. The van der Waals surface area contributed by atoms with Crippen LogP contribution in [0.4, 0.5) is 9.18 Å². The van der Waals surface area contributed by atoms with E-state index in [-0.39, 0.29) is 29.9 Å². The van der Waals surface area contributed by atoms with E-state index < -0.39 is 35.5 Å². The summed E-state index contributed by atoms with van der Waals surface area (Å²) >= 11 is 1.32. The molecule has 5 rings (SSSR count). The molecule has 41 heavy (non-hydrogen) atoms. The van der Waals surface area contributed by atoms with Crippen LogP contribution >= 0.6 is 11.3 Å². The Morgan fingerprint density at radius 1 is 1.20 bits per heavy atom. The van der Waals surface area contributed by atoms with Gasteiger partial charge < -0.3 is 19.7 Å². The minimum Gasteiger partial charge on any atom is -0.444 e. The number of rotatable bonds is 6. The van der Waals surface area contributed by atoms with E-state index in [1.54, 1.807) is 43.9 Å². The number of nitriles is 1. The number of ether oxygens (including phenoxy) is 2. The largest absolute Gasteiger partial charge is 0.444 e. The van der Waals surface area contributed by atoms with E-state index in [1.807, 2.05) is 5.38 Å². The number of benzene rings is 1. The summed E-state index contributed by atoms with van der Waals surface area (Å²) in [4.78, 5) is 42.9. The van der Waals surface area contributed by atoms with Gasteiger partial charge in [0, 0.05) is 25.6 Å². The predicted octanol–water partition coefficient (Wildman–Crippen LogP) is 4.37. The Morgan fingerprint density at radius 3 is 2.63 bits per heavy atom. The number of fused-ring (bicyclic) bond motifs is 2. The molecule has 1 N–H and O–H groups in total. The third kappa shape index (κ3) is 6.39. The van der Waals surface area contributed by atoms with Gasteiger partial charge in [-0.3, -0.25) is 14.5 Å². The number of nitrogens with one attached hydrogen (secondary N) is 1. The van der Waals surface area contributed by atoms with E-state index in [1.165, 1.54) is 22.3 Å². The highest BCUT2D eigenvalue weighted by atomic mass is 32.1. The first kappa shape index (κ1) is 29.0. The SMILES string of the molecule is CC(C)(C)OC(=O)N1[C@H]2CC[C@@H](C2)[C@H]1C(=O)N[C@H](C#N)Cc1ccc(-c2csc(C(=O)N3CCOCC3)c2)cc1F. The number of likely N-dealkylation sites (tertiary alicyclic amines) is 1. The summed E-state index contributed by atoms with van der Waals surface area (Å²) in [6.45, 7) is 7.47. The van der Waals surface area contributed by atoms with Gasteiger partial charge in [0.15, 0.2) is 0 Å². The second-order valence-corrected chi connectivity index (χ2v) is 12.8. The van der Waals surface area contributed by atoms with Crippen LogP contribution in [0.2, 0.25) is 0 Å². The maximum atomic E-state index is 15.2. The Morgan fingerprint density at radius 2 is 1.95 bits per heavy atom. The van der Waals surface area contributed by atoms with Gasteiger partial charge in [-0.2, -0.15) is 5.26 Å². The number of halogens is 1. The first-order valence-corrected chi connectivity index (χ1v) is 14.9. The molecule has 2 aromatic rings. The summed E-state index contributed by atoms with van der Waals surface area (Å²) in [5.74, 6) is -0.967. The monoisotopic (exact) mass is 582 g/mol. The van der Waals surface area contributed by atoms with Crippen molar-refractivity contribution >= 4 is 29.2 Å². The molecule has 0 unspecified atom stereocenters. The maximum Gasteiger partial charge on any atom is 0.411 e. The van der Waals surface area contributed by atoms with Crippen molar-refractivity contribution in [3.05, 3.63) is 45.9 Å². The molecule has 3 fully saturated rings. The normalized spacial score (nSPS) is 22.8. The fraction of sp³-hybridized carbons (Fsp3) is 0.533. The molecule has 2 bridgehead atoms. The van der Waals surface area contributed by atoms with Crippen molar-refractivity contribution in [3.8, 4) is 17.2 Å². The van der Waals surface area contributed by atoms with Gasteiger partial charge in [0.05, 0.1) is 24.2 Å². The zero-order chi connectivity index (χ0) is 29.3. The van der Waals surface area contributed by atoms with E-state index in [4.69, 9.17) is 9.47 Å². The Bertz CT molecular complexity index is 1360. The number of thiophene rings is 1. The lowest BCUT2D eigenvalue weighted by atomic mass is 9.97. The molecule has 2 saturated heterocycles. The molecule has 11 heteroatoms. The number of morpholine rings is 1. The summed E-state index contributed by atoms with van der Waals surface area (Å²) in [5, 5.41) is 14.4. The molecule has 1 aliphatic carbocycles. The average Bonchev–Trinajstić information content (AvgIpc) is 3.69. The molecule has 4 atom stereocenters. The van der Waals surface area contributed by atoms with Crippen molar-refractivity contribution in [3.63, 3.8) is 0 Å². The van der Waals surface area contributed by atoms with Crippen LogP contribution in [0.1, 0.15) is 55.3 Å². The Balaban J connectivity index is 1.24. The van der Waals surface area contributed by atoms with Crippen LogP contribution in [0, 0.1) is 23.1 Å². The zero-order valence-corrected chi connectivity index (χ0v) is 24.3. The van der Waals surface area contributed by atoms with Gasteiger partial charge in [-0.05, 0) is 80.2 Å². The number of nitrogens with zero attached hydrogens (tertiary/aromatic N) is 3. The summed E-state index contributed by atoms with van der Waals surface area (Å²) in [6, 6.07) is 6.84. The molecule has 2 aliphatic heterocycles. The number of hydrogen-bond acceptors (Lipinski definition) is 7. The van der Waals surface area contributed by atoms with Gasteiger partial charge in [0.25, 0.3) is 5.91 Å².